The molecule has 4 nitrogen and oxygen atoms in total. The van der Waals surface area contributed by atoms with Gasteiger partial charge in [-0.15, -0.1) is 0 Å². The Bertz CT molecular complexity index is 450. The molecule has 0 saturated heterocycles. The third kappa shape index (κ3) is 3.57. The molecule has 3 N–H and O–H groups in total. The Balaban J connectivity index is 2.89. The topological polar surface area (TPSA) is 58.4 Å². The molecule has 1 amide bonds. The Hall–Kier alpha value is -1.33. The molecule has 17 heavy (non-hydrogen) atoms. The van der Waals surface area contributed by atoms with Gasteiger partial charge in [-0.1, -0.05) is 23.8 Å². The number of thiocarbonyl (C=S) groups is 1. The van der Waals surface area contributed by atoms with Crippen molar-refractivity contribution >= 4 is 40.4 Å². The standard InChI is InChI=1S/C11H14ClN3OS/c1-14-10(16)6-15(2)7-3-4-8(11(13)17)9(12)5-7/h3-5H,6H2,1-2H3,(H2,13,17)(H,14,16). The highest BCUT2D eigenvalue weighted by Crippen LogP contribution is 2.22. The molecule has 0 bridgehead atoms. The van der Waals surface area contributed by atoms with Crippen molar-refractivity contribution in [3.63, 3.8) is 0 Å². The van der Waals surface area contributed by atoms with E-state index in [2.05, 4.69) is 5.32 Å². The lowest BCUT2D eigenvalue weighted by molar-refractivity contribution is -0.119. The summed E-state index contributed by atoms with van der Waals surface area (Å²) >= 11 is 10.9. The molecule has 92 valence electrons. The summed E-state index contributed by atoms with van der Waals surface area (Å²) in [4.78, 5) is 13.3. The van der Waals surface area contributed by atoms with Gasteiger partial charge in [-0.05, 0) is 18.2 Å². The van der Waals surface area contributed by atoms with Crippen LogP contribution in [0.1, 0.15) is 5.56 Å². The van der Waals surface area contributed by atoms with E-state index in [0.717, 1.165) is 5.69 Å². The predicted molar refractivity (Wildman–Crippen MR) is 74.7 cm³/mol. The molecule has 0 aliphatic rings. The quantitative estimate of drug-likeness (QED) is 0.807. The second-order valence-electron chi connectivity index (χ2n) is 3.56. The molecule has 0 aromatic heterocycles. The van der Waals surface area contributed by atoms with E-state index in [4.69, 9.17) is 29.6 Å². The van der Waals surface area contributed by atoms with Gasteiger partial charge < -0.3 is 16.0 Å². The fraction of sp³-hybridized carbons (Fsp3) is 0.273. The summed E-state index contributed by atoms with van der Waals surface area (Å²) < 4.78 is 0. The zero-order valence-electron chi connectivity index (χ0n) is 9.66. The van der Waals surface area contributed by atoms with Gasteiger partial charge in [0.15, 0.2) is 0 Å². The Kier molecular flexibility index (Phi) is 4.72. The number of halogens is 1. The number of carbonyl (C=O) groups is 1. The van der Waals surface area contributed by atoms with Crippen molar-refractivity contribution in [1.29, 1.82) is 0 Å². The monoisotopic (exact) mass is 271 g/mol. The number of nitrogens with zero attached hydrogens (tertiary/aromatic N) is 1. The first-order valence-corrected chi connectivity index (χ1v) is 5.75. The van der Waals surface area contributed by atoms with Crippen molar-refractivity contribution in [3.05, 3.63) is 28.8 Å². The van der Waals surface area contributed by atoms with Crippen LogP contribution < -0.4 is 16.0 Å². The average Bonchev–Trinajstić information content (AvgIpc) is 2.28. The number of carbonyl (C=O) groups excluding carboxylic acids is 1. The molecule has 0 aliphatic heterocycles. The Morgan fingerprint density at radius 3 is 2.71 bits per heavy atom. The van der Waals surface area contributed by atoms with Gasteiger partial charge in [-0.25, -0.2) is 0 Å². The van der Waals surface area contributed by atoms with Crippen molar-refractivity contribution in [2.24, 2.45) is 5.73 Å². The highest BCUT2D eigenvalue weighted by Gasteiger charge is 2.09. The molecule has 0 radical (unpaired) electrons. The maximum atomic E-state index is 11.2. The van der Waals surface area contributed by atoms with E-state index in [0.29, 0.717) is 10.6 Å². The molecule has 0 fully saturated rings. The van der Waals surface area contributed by atoms with Gasteiger partial charge in [-0.3, -0.25) is 4.79 Å². The molecule has 0 atom stereocenters. The number of amides is 1. The molecule has 1 rings (SSSR count). The van der Waals surface area contributed by atoms with E-state index in [1.165, 1.54) is 0 Å². The van der Waals surface area contributed by atoms with Crippen LogP contribution in [0.25, 0.3) is 0 Å². The van der Waals surface area contributed by atoms with Crippen molar-refractivity contribution in [3.8, 4) is 0 Å². The molecular weight excluding hydrogens is 258 g/mol. The average molecular weight is 272 g/mol. The molecule has 0 saturated carbocycles. The summed E-state index contributed by atoms with van der Waals surface area (Å²) in [6, 6.07) is 5.31. The fourth-order valence-electron chi connectivity index (χ4n) is 1.33. The SMILES string of the molecule is CNC(=O)CN(C)c1ccc(C(N)=S)c(Cl)c1. The van der Waals surface area contributed by atoms with Gasteiger partial charge in [0, 0.05) is 25.3 Å². The van der Waals surface area contributed by atoms with E-state index in [1.807, 2.05) is 6.07 Å². The molecule has 0 spiro atoms. The van der Waals surface area contributed by atoms with Gasteiger partial charge in [0.05, 0.1) is 11.6 Å². The van der Waals surface area contributed by atoms with E-state index < -0.39 is 0 Å². The maximum absolute atomic E-state index is 11.2. The molecule has 0 aliphatic carbocycles. The number of nitrogens with two attached hydrogens (primary N) is 1. The van der Waals surface area contributed by atoms with Crippen LogP contribution in [0.5, 0.6) is 0 Å². The molecule has 0 unspecified atom stereocenters. The van der Waals surface area contributed by atoms with Crippen molar-refractivity contribution in [1.82, 2.24) is 5.32 Å². The van der Waals surface area contributed by atoms with Crippen molar-refractivity contribution in [2.75, 3.05) is 25.5 Å². The summed E-state index contributed by atoms with van der Waals surface area (Å²) in [7, 11) is 3.40. The smallest absolute Gasteiger partial charge is 0.239 e. The highest BCUT2D eigenvalue weighted by atomic mass is 35.5. The van der Waals surface area contributed by atoms with Crippen LogP contribution in [0, 0.1) is 0 Å². The van der Waals surface area contributed by atoms with Crippen LogP contribution in [-0.4, -0.2) is 31.5 Å². The Morgan fingerprint density at radius 2 is 2.24 bits per heavy atom. The summed E-state index contributed by atoms with van der Waals surface area (Å²) in [5, 5.41) is 3.04. The predicted octanol–water partition coefficient (Wildman–Crippen LogP) is 1.16. The van der Waals surface area contributed by atoms with E-state index in [9.17, 15) is 4.79 Å². The molecular formula is C11H14ClN3OS. The number of hydrogen-bond donors (Lipinski definition) is 2. The van der Waals surface area contributed by atoms with Gasteiger partial charge in [-0.2, -0.15) is 0 Å². The van der Waals surface area contributed by atoms with Gasteiger partial charge in [0.1, 0.15) is 4.99 Å². The molecule has 1 aromatic rings. The van der Waals surface area contributed by atoms with Crippen LogP contribution in [-0.2, 0) is 4.79 Å². The van der Waals surface area contributed by atoms with Crippen LogP contribution in [0.4, 0.5) is 5.69 Å². The Labute approximate surface area is 111 Å². The number of likely N-dealkylation sites (N-methyl/N-ethyl adjacent to an activating group) is 2. The van der Waals surface area contributed by atoms with Crippen LogP contribution in [0.2, 0.25) is 5.02 Å². The van der Waals surface area contributed by atoms with Gasteiger partial charge >= 0.3 is 0 Å². The number of rotatable bonds is 4. The zero-order chi connectivity index (χ0) is 13.0. The largest absolute Gasteiger partial charge is 0.389 e. The first-order chi connectivity index (χ1) is 7.95. The first kappa shape index (κ1) is 13.7. The van der Waals surface area contributed by atoms with Crippen LogP contribution in [0.15, 0.2) is 18.2 Å². The summed E-state index contributed by atoms with van der Waals surface area (Å²) in [5.74, 6) is -0.0676. The van der Waals surface area contributed by atoms with Gasteiger partial charge in [0.25, 0.3) is 0 Å². The third-order valence-corrected chi connectivity index (χ3v) is 2.85. The van der Waals surface area contributed by atoms with E-state index in [-0.39, 0.29) is 17.4 Å². The summed E-state index contributed by atoms with van der Waals surface area (Å²) in [5.41, 5.74) is 6.98. The van der Waals surface area contributed by atoms with E-state index in [1.54, 1.807) is 31.1 Å². The fourth-order valence-corrected chi connectivity index (χ4v) is 1.84. The lowest BCUT2D eigenvalue weighted by atomic mass is 10.2. The van der Waals surface area contributed by atoms with Gasteiger partial charge in [0.2, 0.25) is 5.91 Å². The highest BCUT2D eigenvalue weighted by molar-refractivity contribution is 7.80. The number of benzene rings is 1. The van der Waals surface area contributed by atoms with Crippen molar-refractivity contribution < 1.29 is 4.79 Å². The first-order valence-electron chi connectivity index (χ1n) is 4.96. The minimum absolute atomic E-state index is 0.0676. The second-order valence-corrected chi connectivity index (χ2v) is 4.40. The maximum Gasteiger partial charge on any atom is 0.239 e. The molecule has 1 aromatic carbocycles. The number of hydrogen-bond acceptors (Lipinski definition) is 3. The van der Waals surface area contributed by atoms with Crippen molar-refractivity contribution in [2.45, 2.75) is 0 Å². The molecule has 6 heteroatoms. The van der Waals surface area contributed by atoms with Crippen LogP contribution >= 0.6 is 23.8 Å². The normalized spacial score (nSPS) is 9.82. The van der Waals surface area contributed by atoms with E-state index >= 15 is 0 Å². The zero-order valence-corrected chi connectivity index (χ0v) is 11.2. The van der Waals surface area contributed by atoms with Crippen LogP contribution in [0.3, 0.4) is 0 Å². The summed E-state index contributed by atoms with van der Waals surface area (Å²) in [6.45, 7) is 0.263. The molecule has 0 heterocycles. The third-order valence-electron chi connectivity index (χ3n) is 2.32. The number of anilines is 1. The number of nitrogens with one attached hydrogen (secondary N) is 1. The minimum Gasteiger partial charge on any atom is -0.389 e. The summed E-state index contributed by atoms with van der Waals surface area (Å²) in [6.07, 6.45) is 0. The second kappa shape index (κ2) is 5.84. The minimum atomic E-state index is -0.0676. The lowest BCUT2D eigenvalue weighted by Gasteiger charge is -2.19. The Morgan fingerprint density at radius 1 is 1.59 bits per heavy atom. The lowest BCUT2D eigenvalue weighted by Crippen LogP contribution is -2.32.